The molecule has 1 unspecified atom stereocenters. The second kappa shape index (κ2) is 5.33. The number of carbonyl (C=O) groups is 2. The number of para-hydroxylation sites is 1. The highest BCUT2D eigenvalue weighted by Crippen LogP contribution is 2.28. The number of likely N-dealkylation sites (tertiary alicyclic amines) is 1. The number of carboxylic acids is 1. The molecule has 0 aliphatic carbocycles. The number of carbonyl (C=O) groups excluding carboxylic acids is 1. The van der Waals surface area contributed by atoms with E-state index >= 15 is 0 Å². The fourth-order valence-corrected chi connectivity index (χ4v) is 3.15. The summed E-state index contributed by atoms with van der Waals surface area (Å²) in [4.78, 5) is 28.9. The van der Waals surface area contributed by atoms with Gasteiger partial charge in [-0.1, -0.05) is 30.4 Å². The van der Waals surface area contributed by atoms with Crippen molar-refractivity contribution in [2.45, 2.75) is 6.92 Å². The number of fused-ring (bicyclic) bond motifs is 1. The van der Waals surface area contributed by atoms with Crippen molar-refractivity contribution < 1.29 is 14.7 Å². The smallest absolute Gasteiger partial charge is 0.323 e. The van der Waals surface area contributed by atoms with Crippen molar-refractivity contribution in [1.29, 1.82) is 0 Å². The SMILES string of the molecule is CC(C(=O)O)C1CN(C(=O)Nc2nc3ccccc3s2)C1. The lowest BCUT2D eigenvalue weighted by Gasteiger charge is -2.40. The van der Waals surface area contributed by atoms with Gasteiger partial charge in [0.15, 0.2) is 5.13 Å². The summed E-state index contributed by atoms with van der Waals surface area (Å²) in [7, 11) is 0. The van der Waals surface area contributed by atoms with Crippen LogP contribution in [0.2, 0.25) is 0 Å². The third-order valence-electron chi connectivity index (χ3n) is 3.80. The average molecular weight is 305 g/mol. The fraction of sp³-hybridized carbons (Fsp3) is 0.357. The predicted molar refractivity (Wildman–Crippen MR) is 80.5 cm³/mol. The molecule has 21 heavy (non-hydrogen) atoms. The van der Waals surface area contributed by atoms with Gasteiger partial charge in [-0.25, -0.2) is 9.78 Å². The van der Waals surface area contributed by atoms with Crippen LogP contribution in [0.3, 0.4) is 0 Å². The minimum absolute atomic E-state index is 0.0311. The van der Waals surface area contributed by atoms with E-state index < -0.39 is 11.9 Å². The molecule has 7 heteroatoms. The first-order valence-corrected chi connectivity index (χ1v) is 7.50. The summed E-state index contributed by atoms with van der Waals surface area (Å²) in [5.41, 5.74) is 0.860. The van der Waals surface area contributed by atoms with Gasteiger partial charge in [-0.05, 0) is 12.1 Å². The van der Waals surface area contributed by atoms with E-state index in [0.29, 0.717) is 18.2 Å². The summed E-state index contributed by atoms with van der Waals surface area (Å²) in [5, 5.41) is 12.3. The van der Waals surface area contributed by atoms with E-state index in [-0.39, 0.29) is 11.9 Å². The Bertz CT molecular complexity index is 661. The number of aliphatic carboxylic acids is 1. The van der Waals surface area contributed by atoms with E-state index in [1.807, 2.05) is 24.3 Å². The Labute approximate surface area is 125 Å². The zero-order valence-corrected chi connectivity index (χ0v) is 12.3. The first-order valence-electron chi connectivity index (χ1n) is 6.69. The van der Waals surface area contributed by atoms with E-state index in [4.69, 9.17) is 5.11 Å². The van der Waals surface area contributed by atoms with E-state index in [1.165, 1.54) is 11.3 Å². The highest BCUT2D eigenvalue weighted by Gasteiger charge is 2.37. The Morgan fingerprint density at radius 3 is 2.81 bits per heavy atom. The molecule has 1 aliphatic rings. The number of anilines is 1. The number of aromatic nitrogens is 1. The van der Waals surface area contributed by atoms with Crippen molar-refractivity contribution in [3.05, 3.63) is 24.3 Å². The van der Waals surface area contributed by atoms with Gasteiger partial charge < -0.3 is 10.0 Å². The first kappa shape index (κ1) is 13.8. The molecule has 1 fully saturated rings. The molecule has 2 amide bonds. The van der Waals surface area contributed by atoms with Gasteiger partial charge in [0.1, 0.15) is 0 Å². The Kier molecular flexibility index (Phi) is 3.50. The molecule has 2 heterocycles. The monoisotopic (exact) mass is 305 g/mol. The van der Waals surface area contributed by atoms with Gasteiger partial charge in [0.2, 0.25) is 0 Å². The molecule has 1 saturated heterocycles. The highest BCUT2D eigenvalue weighted by atomic mass is 32.1. The number of nitrogens with one attached hydrogen (secondary N) is 1. The zero-order valence-electron chi connectivity index (χ0n) is 11.4. The average Bonchev–Trinajstić information content (AvgIpc) is 2.78. The molecular weight excluding hydrogens is 290 g/mol. The number of rotatable bonds is 3. The number of nitrogens with zero attached hydrogens (tertiary/aromatic N) is 2. The van der Waals surface area contributed by atoms with Crippen LogP contribution in [0.1, 0.15) is 6.92 Å². The Hall–Kier alpha value is -2.15. The van der Waals surface area contributed by atoms with Gasteiger partial charge in [-0.2, -0.15) is 0 Å². The van der Waals surface area contributed by atoms with Gasteiger partial charge in [0.05, 0.1) is 16.1 Å². The lowest BCUT2D eigenvalue weighted by Crippen LogP contribution is -2.54. The summed E-state index contributed by atoms with van der Waals surface area (Å²) in [6.45, 7) is 2.63. The van der Waals surface area contributed by atoms with Gasteiger partial charge in [-0.15, -0.1) is 0 Å². The molecule has 0 saturated carbocycles. The third-order valence-corrected chi connectivity index (χ3v) is 4.75. The van der Waals surface area contributed by atoms with Crippen molar-refractivity contribution in [2.24, 2.45) is 11.8 Å². The predicted octanol–water partition coefficient (Wildman–Crippen LogP) is 2.48. The maximum Gasteiger partial charge on any atom is 0.323 e. The summed E-state index contributed by atoms with van der Waals surface area (Å²) >= 11 is 1.43. The zero-order chi connectivity index (χ0) is 15.0. The lowest BCUT2D eigenvalue weighted by atomic mass is 9.87. The molecule has 0 bridgehead atoms. The van der Waals surface area contributed by atoms with Crippen LogP contribution in [-0.2, 0) is 4.79 Å². The topological polar surface area (TPSA) is 82.5 Å². The minimum atomic E-state index is -0.814. The van der Waals surface area contributed by atoms with Crippen LogP contribution in [0.25, 0.3) is 10.2 Å². The number of carboxylic acid groups (broad SMARTS) is 1. The second-order valence-corrected chi connectivity index (χ2v) is 6.24. The molecule has 1 aliphatic heterocycles. The molecule has 2 N–H and O–H groups in total. The van der Waals surface area contributed by atoms with Crippen molar-refractivity contribution >= 4 is 38.7 Å². The summed E-state index contributed by atoms with van der Waals surface area (Å²) in [5.74, 6) is -1.20. The van der Waals surface area contributed by atoms with Gasteiger partial charge >= 0.3 is 12.0 Å². The largest absolute Gasteiger partial charge is 0.481 e. The summed E-state index contributed by atoms with van der Waals surface area (Å²) < 4.78 is 1.02. The molecule has 0 spiro atoms. The Morgan fingerprint density at radius 1 is 1.43 bits per heavy atom. The molecule has 3 rings (SSSR count). The summed E-state index contributed by atoms with van der Waals surface area (Å²) in [6, 6.07) is 7.47. The van der Waals surface area contributed by atoms with Crippen LogP contribution in [0.5, 0.6) is 0 Å². The fourth-order valence-electron chi connectivity index (χ4n) is 2.29. The Morgan fingerprint density at radius 2 is 2.14 bits per heavy atom. The molecule has 1 aromatic heterocycles. The minimum Gasteiger partial charge on any atom is -0.481 e. The third kappa shape index (κ3) is 2.69. The molecule has 110 valence electrons. The Balaban J connectivity index is 1.59. The quantitative estimate of drug-likeness (QED) is 0.912. The number of thiazole rings is 1. The maximum atomic E-state index is 12.0. The van der Waals surface area contributed by atoms with E-state index in [1.54, 1.807) is 11.8 Å². The number of hydrogen-bond acceptors (Lipinski definition) is 4. The molecule has 1 aromatic carbocycles. The number of urea groups is 1. The molecule has 0 radical (unpaired) electrons. The number of benzene rings is 1. The van der Waals surface area contributed by atoms with Gasteiger partial charge in [0.25, 0.3) is 0 Å². The van der Waals surface area contributed by atoms with Crippen LogP contribution in [0, 0.1) is 11.8 Å². The number of hydrogen-bond donors (Lipinski definition) is 2. The normalized spacial score (nSPS) is 16.5. The molecular formula is C14H15N3O3S. The standard InChI is InChI=1S/C14H15N3O3S/c1-8(12(18)19)9-6-17(7-9)14(20)16-13-15-10-4-2-3-5-11(10)21-13/h2-5,8-9H,6-7H2,1H3,(H,18,19)(H,15,16,20). The lowest BCUT2D eigenvalue weighted by molar-refractivity contribution is -0.144. The molecule has 1 atom stereocenters. The van der Waals surface area contributed by atoms with Crippen molar-refractivity contribution in [2.75, 3.05) is 18.4 Å². The molecule has 2 aromatic rings. The second-order valence-electron chi connectivity index (χ2n) is 5.21. The van der Waals surface area contributed by atoms with Gasteiger partial charge in [-0.3, -0.25) is 10.1 Å². The van der Waals surface area contributed by atoms with Crippen molar-refractivity contribution in [1.82, 2.24) is 9.88 Å². The van der Waals surface area contributed by atoms with E-state index in [0.717, 1.165) is 10.2 Å². The maximum absolute atomic E-state index is 12.0. The van der Waals surface area contributed by atoms with Crippen LogP contribution < -0.4 is 5.32 Å². The van der Waals surface area contributed by atoms with Crippen molar-refractivity contribution in [3.8, 4) is 0 Å². The van der Waals surface area contributed by atoms with Gasteiger partial charge in [0, 0.05) is 19.0 Å². The van der Waals surface area contributed by atoms with Crippen LogP contribution in [0.15, 0.2) is 24.3 Å². The summed E-state index contributed by atoms with van der Waals surface area (Å²) in [6.07, 6.45) is 0. The highest BCUT2D eigenvalue weighted by molar-refractivity contribution is 7.22. The van der Waals surface area contributed by atoms with E-state index in [9.17, 15) is 9.59 Å². The molecule has 6 nitrogen and oxygen atoms in total. The number of amides is 2. The van der Waals surface area contributed by atoms with Crippen molar-refractivity contribution in [3.63, 3.8) is 0 Å². The van der Waals surface area contributed by atoms with E-state index in [2.05, 4.69) is 10.3 Å². The van der Waals surface area contributed by atoms with Crippen LogP contribution in [-0.4, -0.2) is 40.1 Å². The van der Waals surface area contributed by atoms with Crippen LogP contribution in [0.4, 0.5) is 9.93 Å². The first-order chi connectivity index (χ1) is 10.0. The van der Waals surface area contributed by atoms with Crippen LogP contribution >= 0.6 is 11.3 Å².